The Morgan fingerprint density at radius 1 is 1.07 bits per heavy atom. The van der Waals surface area contributed by atoms with Crippen molar-refractivity contribution in [1.29, 1.82) is 0 Å². The molecule has 0 radical (unpaired) electrons. The first-order valence-corrected chi connectivity index (χ1v) is 11.4. The van der Waals surface area contributed by atoms with E-state index in [-0.39, 0.29) is 17.5 Å². The van der Waals surface area contributed by atoms with Crippen LogP contribution in [0.2, 0.25) is 0 Å². The molecule has 1 aliphatic rings. The minimum atomic E-state index is -3.56. The highest BCUT2D eigenvalue weighted by Gasteiger charge is 2.33. The van der Waals surface area contributed by atoms with Crippen LogP contribution in [0.3, 0.4) is 0 Å². The smallest absolute Gasteiger partial charge is 0.309 e. The van der Waals surface area contributed by atoms with Gasteiger partial charge in [0.05, 0.1) is 4.90 Å². The molecule has 0 spiro atoms. The van der Waals surface area contributed by atoms with Crippen LogP contribution in [-0.4, -0.2) is 50.2 Å². The van der Waals surface area contributed by atoms with Crippen LogP contribution in [0, 0.1) is 5.92 Å². The molecule has 8 heteroatoms. The molecule has 0 aliphatic carbocycles. The summed E-state index contributed by atoms with van der Waals surface area (Å²) in [6, 6.07) is 8.24. The van der Waals surface area contributed by atoms with Crippen molar-refractivity contribution in [1.82, 2.24) is 14.9 Å². The van der Waals surface area contributed by atoms with Gasteiger partial charge in [-0.05, 0) is 43.7 Å². The molecular formula is C20H31N3O4S. The van der Waals surface area contributed by atoms with Crippen molar-refractivity contribution in [2.75, 3.05) is 19.6 Å². The van der Waals surface area contributed by atoms with Crippen molar-refractivity contribution in [2.45, 2.75) is 56.9 Å². The number of benzene rings is 1. The average Bonchev–Trinajstić information content (AvgIpc) is 2.68. The standard InChI is InChI=1S/C20H31N3O4S/c1-16(2)11-13-21-19(24)20(25)22-14-12-17-8-6-7-15-23(17)28(26,27)18-9-4-3-5-10-18/h3-5,9-10,16-17H,6-8,11-15H2,1-2H3,(H,21,24)(H,22,25)/t17-/m1/s1. The van der Waals surface area contributed by atoms with E-state index in [1.165, 1.54) is 0 Å². The van der Waals surface area contributed by atoms with Gasteiger partial charge in [0, 0.05) is 25.7 Å². The molecule has 1 atom stereocenters. The number of carbonyl (C=O) groups is 2. The SMILES string of the molecule is CC(C)CCNC(=O)C(=O)NCC[C@H]1CCCCN1S(=O)(=O)c1ccccc1. The molecular weight excluding hydrogens is 378 g/mol. The first kappa shape index (κ1) is 22.4. The monoisotopic (exact) mass is 409 g/mol. The molecule has 156 valence electrons. The molecule has 0 bridgehead atoms. The lowest BCUT2D eigenvalue weighted by Crippen LogP contribution is -2.46. The second-order valence-electron chi connectivity index (χ2n) is 7.56. The van der Waals surface area contributed by atoms with Crippen LogP contribution in [0.5, 0.6) is 0 Å². The van der Waals surface area contributed by atoms with Gasteiger partial charge in [0.15, 0.2) is 0 Å². The third-order valence-electron chi connectivity index (χ3n) is 4.90. The zero-order chi connectivity index (χ0) is 20.6. The first-order valence-electron chi connectivity index (χ1n) is 9.95. The maximum Gasteiger partial charge on any atom is 0.309 e. The Hall–Kier alpha value is -1.93. The Balaban J connectivity index is 1.88. The first-order chi connectivity index (χ1) is 13.3. The highest BCUT2D eigenvalue weighted by atomic mass is 32.2. The van der Waals surface area contributed by atoms with E-state index in [1.54, 1.807) is 34.6 Å². The molecule has 1 aliphatic heterocycles. The molecule has 1 aromatic rings. The third-order valence-corrected chi connectivity index (χ3v) is 6.87. The maximum absolute atomic E-state index is 13.0. The maximum atomic E-state index is 13.0. The molecule has 28 heavy (non-hydrogen) atoms. The predicted molar refractivity (Wildman–Crippen MR) is 108 cm³/mol. The lowest BCUT2D eigenvalue weighted by atomic mass is 10.0. The van der Waals surface area contributed by atoms with E-state index < -0.39 is 21.8 Å². The Labute approximate surface area is 167 Å². The average molecular weight is 410 g/mol. The number of rotatable bonds is 8. The predicted octanol–water partition coefficient (Wildman–Crippen LogP) is 1.90. The Morgan fingerprint density at radius 2 is 1.71 bits per heavy atom. The molecule has 0 unspecified atom stereocenters. The Morgan fingerprint density at radius 3 is 2.36 bits per heavy atom. The van der Waals surface area contributed by atoms with Gasteiger partial charge in [-0.3, -0.25) is 9.59 Å². The number of hydrogen-bond donors (Lipinski definition) is 2. The second-order valence-corrected chi connectivity index (χ2v) is 9.45. The van der Waals surface area contributed by atoms with Gasteiger partial charge in [0.25, 0.3) is 0 Å². The number of piperidine rings is 1. The summed E-state index contributed by atoms with van der Waals surface area (Å²) >= 11 is 0. The number of sulfonamides is 1. The highest BCUT2D eigenvalue weighted by molar-refractivity contribution is 7.89. The summed E-state index contributed by atoms with van der Waals surface area (Å²) in [7, 11) is -3.56. The topological polar surface area (TPSA) is 95.6 Å². The number of nitrogens with zero attached hydrogens (tertiary/aromatic N) is 1. The van der Waals surface area contributed by atoms with Gasteiger partial charge in [0.1, 0.15) is 0 Å². The van der Waals surface area contributed by atoms with E-state index in [9.17, 15) is 18.0 Å². The van der Waals surface area contributed by atoms with Gasteiger partial charge >= 0.3 is 11.8 Å². The van der Waals surface area contributed by atoms with Crippen molar-refractivity contribution in [3.05, 3.63) is 30.3 Å². The van der Waals surface area contributed by atoms with Crippen molar-refractivity contribution in [3.63, 3.8) is 0 Å². The summed E-state index contributed by atoms with van der Waals surface area (Å²) in [4.78, 5) is 24.0. The number of amides is 2. The van der Waals surface area contributed by atoms with E-state index in [0.717, 1.165) is 25.7 Å². The molecule has 0 aromatic heterocycles. The quantitative estimate of drug-likeness (QED) is 0.641. The minimum absolute atomic E-state index is 0.178. The number of nitrogens with one attached hydrogen (secondary N) is 2. The molecule has 1 heterocycles. The lowest BCUT2D eigenvalue weighted by Gasteiger charge is -2.34. The summed E-state index contributed by atoms with van der Waals surface area (Å²) in [5.74, 6) is -0.859. The van der Waals surface area contributed by atoms with Crippen molar-refractivity contribution in [2.24, 2.45) is 5.92 Å². The minimum Gasteiger partial charge on any atom is -0.348 e. The van der Waals surface area contributed by atoms with E-state index in [0.29, 0.717) is 25.4 Å². The zero-order valence-corrected chi connectivity index (χ0v) is 17.5. The molecule has 1 aromatic carbocycles. The van der Waals surface area contributed by atoms with Gasteiger partial charge < -0.3 is 10.6 Å². The van der Waals surface area contributed by atoms with Gasteiger partial charge in [-0.2, -0.15) is 4.31 Å². The van der Waals surface area contributed by atoms with Crippen molar-refractivity contribution >= 4 is 21.8 Å². The van der Waals surface area contributed by atoms with Crippen LogP contribution in [0.25, 0.3) is 0 Å². The normalized spacial score (nSPS) is 18.0. The summed E-state index contributed by atoms with van der Waals surface area (Å²) in [6.07, 6.45) is 3.83. The Kier molecular flexibility index (Phi) is 8.44. The van der Waals surface area contributed by atoms with Gasteiger partial charge in [-0.15, -0.1) is 0 Å². The van der Waals surface area contributed by atoms with Crippen molar-refractivity contribution in [3.8, 4) is 0 Å². The number of hydrogen-bond acceptors (Lipinski definition) is 4. The molecule has 1 fully saturated rings. The largest absolute Gasteiger partial charge is 0.348 e. The molecule has 2 rings (SSSR count). The molecule has 1 saturated heterocycles. The van der Waals surface area contributed by atoms with Crippen LogP contribution in [0.4, 0.5) is 0 Å². The molecule has 7 nitrogen and oxygen atoms in total. The van der Waals surface area contributed by atoms with Crippen LogP contribution in [-0.2, 0) is 19.6 Å². The fourth-order valence-electron chi connectivity index (χ4n) is 3.29. The summed E-state index contributed by atoms with van der Waals surface area (Å²) in [6.45, 7) is 5.31. The van der Waals surface area contributed by atoms with E-state index in [1.807, 2.05) is 13.8 Å². The number of carbonyl (C=O) groups excluding carboxylic acids is 2. The highest BCUT2D eigenvalue weighted by Crippen LogP contribution is 2.26. The second kappa shape index (κ2) is 10.6. The van der Waals surface area contributed by atoms with E-state index in [2.05, 4.69) is 10.6 Å². The molecule has 2 N–H and O–H groups in total. The van der Waals surface area contributed by atoms with Gasteiger partial charge in [0.2, 0.25) is 10.0 Å². The summed E-state index contributed by atoms with van der Waals surface area (Å²) < 4.78 is 27.4. The van der Waals surface area contributed by atoms with Crippen LogP contribution in [0.15, 0.2) is 35.2 Å². The molecule has 0 saturated carbocycles. The van der Waals surface area contributed by atoms with Crippen LogP contribution >= 0.6 is 0 Å². The fourth-order valence-corrected chi connectivity index (χ4v) is 5.04. The fraction of sp³-hybridized carbons (Fsp3) is 0.600. The lowest BCUT2D eigenvalue weighted by molar-refractivity contribution is -0.139. The third kappa shape index (κ3) is 6.31. The van der Waals surface area contributed by atoms with Gasteiger partial charge in [-0.25, -0.2) is 8.42 Å². The molecule has 2 amide bonds. The Bertz CT molecular complexity index is 750. The summed E-state index contributed by atoms with van der Waals surface area (Å²) in [5, 5.41) is 5.21. The van der Waals surface area contributed by atoms with Crippen molar-refractivity contribution < 1.29 is 18.0 Å². The zero-order valence-electron chi connectivity index (χ0n) is 16.7. The summed E-state index contributed by atoms with van der Waals surface area (Å²) in [5.41, 5.74) is 0. The van der Waals surface area contributed by atoms with Crippen LogP contribution in [0.1, 0.15) is 46.0 Å². The van der Waals surface area contributed by atoms with Gasteiger partial charge in [-0.1, -0.05) is 38.5 Å². The van der Waals surface area contributed by atoms with E-state index in [4.69, 9.17) is 0 Å². The van der Waals surface area contributed by atoms with E-state index >= 15 is 0 Å². The van der Waals surface area contributed by atoms with Crippen LogP contribution < -0.4 is 10.6 Å².